The third-order valence-corrected chi connectivity index (χ3v) is 4.05. The van der Waals surface area contributed by atoms with Gasteiger partial charge in [-0.15, -0.1) is 0 Å². The number of amides is 2. The maximum Gasteiger partial charge on any atom is 0.273 e. The summed E-state index contributed by atoms with van der Waals surface area (Å²) in [5.41, 5.74) is 0.212. The molecule has 2 aromatic heterocycles. The molecule has 3 heterocycles. The molecule has 2 amide bonds. The molecule has 0 unspecified atom stereocenters. The first kappa shape index (κ1) is 16.2. The van der Waals surface area contributed by atoms with Gasteiger partial charge in [0.1, 0.15) is 5.76 Å². The topological polar surface area (TPSA) is 114 Å². The van der Waals surface area contributed by atoms with E-state index in [4.69, 9.17) is 9.05 Å². The van der Waals surface area contributed by atoms with Gasteiger partial charge in [0.05, 0.1) is 6.54 Å². The number of likely N-dealkylation sites (tertiary alicyclic amines) is 1. The summed E-state index contributed by atoms with van der Waals surface area (Å²) < 4.78 is 10.0. The number of hydrogen-bond acceptors (Lipinski definition) is 7. The van der Waals surface area contributed by atoms with E-state index in [1.54, 1.807) is 19.9 Å². The molecule has 1 aliphatic heterocycles. The summed E-state index contributed by atoms with van der Waals surface area (Å²) in [4.78, 5) is 29.4. The zero-order valence-electron chi connectivity index (χ0n) is 13.6. The summed E-state index contributed by atoms with van der Waals surface area (Å²) in [6, 6.07) is 1.55. The quantitative estimate of drug-likeness (QED) is 0.888. The number of piperidine rings is 1. The van der Waals surface area contributed by atoms with Crippen LogP contribution in [0.1, 0.15) is 53.6 Å². The van der Waals surface area contributed by atoms with E-state index in [-0.39, 0.29) is 30.0 Å². The van der Waals surface area contributed by atoms with Gasteiger partial charge in [-0.3, -0.25) is 9.59 Å². The molecule has 128 valence electrons. The Hall–Kier alpha value is -2.71. The molecule has 3 rings (SSSR count). The minimum atomic E-state index is -0.360. The van der Waals surface area contributed by atoms with Crippen molar-refractivity contribution in [3.05, 3.63) is 29.2 Å². The Morgan fingerprint density at radius 1 is 1.29 bits per heavy atom. The summed E-state index contributed by atoms with van der Waals surface area (Å²) in [6.07, 6.45) is 1.62. The van der Waals surface area contributed by atoms with E-state index in [9.17, 15) is 9.59 Å². The van der Waals surface area contributed by atoms with E-state index in [1.807, 2.05) is 4.90 Å². The first-order valence-electron chi connectivity index (χ1n) is 7.82. The van der Waals surface area contributed by atoms with E-state index in [1.165, 1.54) is 0 Å². The predicted molar refractivity (Wildman–Crippen MR) is 80.9 cm³/mol. The lowest BCUT2D eigenvalue weighted by atomic mass is 9.96. The van der Waals surface area contributed by atoms with Gasteiger partial charge in [-0.25, -0.2) is 0 Å². The molecular weight excluding hydrogens is 314 g/mol. The Kier molecular flexibility index (Phi) is 4.59. The molecule has 9 heteroatoms. The maximum atomic E-state index is 11.9. The number of aromatic nitrogens is 3. The van der Waals surface area contributed by atoms with Crippen molar-refractivity contribution in [2.45, 2.75) is 39.2 Å². The van der Waals surface area contributed by atoms with Crippen molar-refractivity contribution in [3.63, 3.8) is 0 Å². The van der Waals surface area contributed by atoms with Crippen LogP contribution in [0.4, 0.5) is 0 Å². The van der Waals surface area contributed by atoms with Crippen LogP contribution in [0, 0.1) is 6.92 Å². The van der Waals surface area contributed by atoms with E-state index >= 15 is 0 Å². The van der Waals surface area contributed by atoms with Crippen molar-refractivity contribution in [2.24, 2.45) is 0 Å². The minimum absolute atomic E-state index is 0.0908. The Morgan fingerprint density at radius 2 is 2.04 bits per heavy atom. The molecule has 1 fully saturated rings. The van der Waals surface area contributed by atoms with Crippen LogP contribution < -0.4 is 5.32 Å². The van der Waals surface area contributed by atoms with Crippen molar-refractivity contribution in [1.82, 2.24) is 25.5 Å². The van der Waals surface area contributed by atoms with Gasteiger partial charge in [0.15, 0.2) is 11.5 Å². The average Bonchev–Trinajstić information content (AvgIpc) is 3.22. The number of carbonyl (C=O) groups is 2. The molecule has 0 spiro atoms. The van der Waals surface area contributed by atoms with Crippen molar-refractivity contribution in [3.8, 4) is 0 Å². The van der Waals surface area contributed by atoms with Gasteiger partial charge >= 0.3 is 0 Å². The van der Waals surface area contributed by atoms with Crippen molar-refractivity contribution in [2.75, 3.05) is 13.1 Å². The zero-order chi connectivity index (χ0) is 17.1. The molecule has 0 atom stereocenters. The molecule has 0 aliphatic carbocycles. The second kappa shape index (κ2) is 6.81. The first-order valence-corrected chi connectivity index (χ1v) is 7.82. The molecule has 24 heavy (non-hydrogen) atoms. The summed E-state index contributed by atoms with van der Waals surface area (Å²) in [6.45, 7) is 4.82. The van der Waals surface area contributed by atoms with Crippen LogP contribution >= 0.6 is 0 Å². The van der Waals surface area contributed by atoms with Crippen LogP contribution in [0.25, 0.3) is 0 Å². The lowest BCUT2D eigenvalue weighted by Crippen LogP contribution is -2.36. The second-order valence-electron chi connectivity index (χ2n) is 5.83. The SMILES string of the molecule is CC(=O)N1CCC(c2noc(CNC(=O)c3cc(C)on3)n2)CC1. The monoisotopic (exact) mass is 333 g/mol. The molecule has 2 aromatic rings. The molecule has 0 saturated carbocycles. The fraction of sp³-hybridized carbons (Fsp3) is 0.533. The minimum Gasteiger partial charge on any atom is -0.361 e. The van der Waals surface area contributed by atoms with Crippen molar-refractivity contribution >= 4 is 11.8 Å². The third-order valence-electron chi connectivity index (χ3n) is 4.05. The number of aryl methyl sites for hydroxylation is 1. The van der Waals surface area contributed by atoms with Crippen LogP contribution in [-0.4, -0.2) is 45.1 Å². The molecule has 0 bridgehead atoms. The third kappa shape index (κ3) is 3.61. The Morgan fingerprint density at radius 3 is 2.67 bits per heavy atom. The normalized spacial score (nSPS) is 15.5. The molecule has 0 radical (unpaired) electrons. The number of nitrogens with one attached hydrogen (secondary N) is 1. The molecule has 1 saturated heterocycles. The smallest absolute Gasteiger partial charge is 0.273 e. The summed E-state index contributed by atoms with van der Waals surface area (Å²) in [7, 11) is 0. The Balaban J connectivity index is 1.52. The standard InChI is InChI=1S/C15H19N5O4/c1-9-7-12(18-23-9)15(22)16-8-13-17-14(19-24-13)11-3-5-20(6-4-11)10(2)21/h7,11H,3-6,8H2,1-2H3,(H,16,22). The van der Waals surface area contributed by atoms with Crippen LogP contribution in [0.15, 0.2) is 15.1 Å². The van der Waals surface area contributed by atoms with Gasteiger partial charge < -0.3 is 19.3 Å². The van der Waals surface area contributed by atoms with Crippen molar-refractivity contribution in [1.29, 1.82) is 0 Å². The molecular formula is C15H19N5O4. The highest BCUT2D eigenvalue weighted by atomic mass is 16.5. The van der Waals surface area contributed by atoms with Gasteiger partial charge in [-0.2, -0.15) is 4.98 Å². The maximum absolute atomic E-state index is 11.9. The fourth-order valence-electron chi connectivity index (χ4n) is 2.68. The van der Waals surface area contributed by atoms with Crippen LogP contribution in [0.5, 0.6) is 0 Å². The van der Waals surface area contributed by atoms with E-state index in [0.717, 1.165) is 12.8 Å². The zero-order valence-corrected chi connectivity index (χ0v) is 13.6. The van der Waals surface area contributed by atoms with E-state index < -0.39 is 0 Å². The lowest BCUT2D eigenvalue weighted by Gasteiger charge is -2.29. The van der Waals surface area contributed by atoms with Gasteiger partial charge in [-0.1, -0.05) is 10.3 Å². The predicted octanol–water partition coefficient (Wildman–Crippen LogP) is 1.02. The number of carbonyl (C=O) groups excluding carboxylic acids is 2. The van der Waals surface area contributed by atoms with Crippen LogP contribution in [0.3, 0.4) is 0 Å². The summed E-state index contributed by atoms with van der Waals surface area (Å²) >= 11 is 0. The highest BCUT2D eigenvalue weighted by Gasteiger charge is 2.25. The highest BCUT2D eigenvalue weighted by molar-refractivity contribution is 5.92. The highest BCUT2D eigenvalue weighted by Crippen LogP contribution is 2.25. The fourth-order valence-corrected chi connectivity index (χ4v) is 2.68. The first-order chi connectivity index (χ1) is 11.5. The largest absolute Gasteiger partial charge is 0.361 e. The number of rotatable bonds is 4. The van der Waals surface area contributed by atoms with Gasteiger partial charge in [-0.05, 0) is 19.8 Å². The van der Waals surface area contributed by atoms with Gasteiger partial charge in [0.25, 0.3) is 5.91 Å². The van der Waals surface area contributed by atoms with Gasteiger partial charge in [0, 0.05) is 32.0 Å². The molecule has 0 aromatic carbocycles. The van der Waals surface area contributed by atoms with Crippen LogP contribution in [-0.2, 0) is 11.3 Å². The molecule has 1 aliphatic rings. The molecule has 1 N–H and O–H groups in total. The van der Waals surface area contributed by atoms with E-state index in [0.29, 0.717) is 30.6 Å². The lowest BCUT2D eigenvalue weighted by molar-refractivity contribution is -0.129. The number of nitrogens with zero attached hydrogens (tertiary/aromatic N) is 4. The average molecular weight is 333 g/mol. The van der Waals surface area contributed by atoms with E-state index in [2.05, 4.69) is 20.6 Å². The number of hydrogen-bond donors (Lipinski definition) is 1. The molecule has 9 nitrogen and oxygen atoms in total. The second-order valence-corrected chi connectivity index (χ2v) is 5.83. The summed E-state index contributed by atoms with van der Waals surface area (Å²) in [5, 5.41) is 10.3. The summed E-state index contributed by atoms with van der Waals surface area (Å²) in [5.74, 6) is 1.44. The van der Waals surface area contributed by atoms with Crippen molar-refractivity contribution < 1.29 is 18.6 Å². The van der Waals surface area contributed by atoms with Gasteiger partial charge in [0.2, 0.25) is 11.8 Å². The Bertz CT molecular complexity index is 730. The Labute approximate surface area is 138 Å². The van der Waals surface area contributed by atoms with Crippen LogP contribution in [0.2, 0.25) is 0 Å².